The average Bonchev–Trinajstić information content (AvgIpc) is 2.78. The molecule has 1 N–H and O–H groups in total. The fourth-order valence-electron chi connectivity index (χ4n) is 2.42. The van der Waals surface area contributed by atoms with Crippen LogP contribution < -0.4 is 5.32 Å². The molecule has 2 saturated heterocycles. The lowest BCUT2D eigenvalue weighted by molar-refractivity contribution is 0.0990. The summed E-state index contributed by atoms with van der Waals surface area (Å²) < 4.78 is 5.81. The van der Waals surface area contributed by atoms with Crippen LogP contribution in [0.25, 0.3) is 0 Å². The second kappa shape index (κ2) is 4.39. The minimum absolute atomic E-state index is 0.414. The smallest absolute Gasteiger partial charge is 0.193 e. The fourth-order valence-corrected chi connectivity index (χ4v) is 2.42. The zero-order chi connectivity index (χ0) is 10.8. The van der Waals surface area contributed by atoms with Gasteiger partial charge in [-0.1, -0.05) is 0 Å². The van der Waals surface area contributed by atoms with Crippen molar-refractivity contribution in [2.45, 2.75) is 44.4 Å². The Kier molecular flexibility index (Phi) is 3.14. The summed E-state index contributed by atoms with van der Waals surface area (Å²) in [7, 11) is 4.05. The second-order valence-electron chi connectivity index (χ2n) is 4.55. The number of aliphatic imine (C=N–C) groups is 1. The third kappa shape index (κ3) is 2.25. The average molecular weight is 211 g/mol. The highest BCUT2D eigenvalue weighted by Crippen LogP contribution is 2.34. The Balaban J connectivity index is 1.93. The van der Waals surface area contributed by atoms with Gasteiger partial charge in [-0.15, -0.1) is 0 Å². The van der Waals surface area contributed by atoms with Crippen LogP contribution in [0.5, 0.6) is 0 Å². The number of fused-ring (bicyclic) bond motifs is 2. The zero-order valence-corrected chi connectivity index (χ0v) is 9.86. The predicted octanol–water partition coefficient (Wildman–Crippen LogP) is 0.833. The van der Waals surface area contributed by atoms with Crippen LogP contribution in [0.3, 0.4) is 0 Å². The Labute approximate surface area is 91.7 Å². The Bertz CT molecular complexity index is 252. The highest BCUT2D eigenvalue weighted by Gasteiger charge is 2.41. The molecule has 4 heteroatoms. The van der Waals surface area contributed by atoms with Gasteiger partial charge in [-0.25, -0.2) is 0 Å². The van der Waals surface area contributed by atoms with Gasteiger partial charge in [0.15, 0.2) is 5.96 Å². The van der Waals surface area contributed by atoms with Crippen molar-refractivity contribution in [2.75, 3.05) is 20.6 Å². The van der Waals surface area contributed by atoms with Gasteiger partial charge in [0.25, 0.3) is 0 Å². The van der Waals surface area contributed by atoms with Crippen molar-refractivity contribution < 1.29 is 4.74 Å². The normalized spacial score (nSPS) is 34.6. The van der Waals surface area contributed by atoms with Crippen LogP contribution in [0.15, 0.2) is 4.99 Å². The van der Waals surface area contributed by atoms with Crippen LogP contribution >= 0.6 is 0 Å². The molecule has 0 aliphatic carbocycles. The van der Waals surface area contributed by atoms with Gasteiger partial charge in [0.1, 0.15) is 0 Å². The molecule has 0 amide bonds. The number of nitrogens with zero attached hydrogens (tertiary/aromatic N) is 2. The molecule has 3 unspecified atom stereocenters. The highest BCUT2D eigenvalue weighted by atomic mass is 16.5. The molecular weight excluding hydrogens is 190 g/mol. The molecule has 2 aliphatic rings. The van der Waals surface area contributed by atoms with Crippen LogP contribution in [0.4, 0.5) is 0 Å². The number of rotatable bonds is 2. The van der Waals surface area contributed by atoms with E-state index in [2.05, 4.69) is 17.2 Å². The van der Waals surface area contributed by atoms with Crippen molar-refractivity contribution in [3.63, 3.8) is 0 Å². The van der Waals surface area contributed by atoms with Crippen LogP contribution in [-0.4, -0.2) is 49.7 Å². The van der Waals surface area contributed by atoms with Crippen molar-refractivity contribution in [1.29, 1.82) is 0 Å². The molecule has 2 fully saturated rings. The van der Waals surface area contributed by atoms with Crippen molar-refractivity contribution in [1.82, 2.24) is 10.2 Å². The molecule has 0 saturated carbocycles. The van der Waals surface area contributed by atoms with E-state index in [0.717, 1.165) is 18.9 Å². The SMILES string of the molecule is CCN=C(NC1CC2CCC1O2)N(C)C. The first-order valence-corrected chi connectivity index (χ1v) is 5.84. The molecule has 0 aromatic rings. The molecule has 2 rings (SSSR count). The summed E-state index contributed by atoms with van der Waals surface area (Å²) in [5.41, 5.74) is 0. The highest BCUT2D eigenvalue weighted by molar-refractivity contribution is 5.79. The number of ether oxygens (including phenoxy) is 1. The number of nitrogens with one attached hydrogen (secondary N) is 1. The predicted molar refractivity (Wildman–Crippen MR) is 61.1 cm³/mol. The van der Waals surface area contributed by atoms with E-state index in [0.29, 0.717) is 18.2 Å². The molecule has 0 aromatic heterocycles. The van der Waals surface area contributed by atoms with Gasteiger partial charge in [-0.05, 0) is 26.2 Å². The van der Waals surface area contributed by atoms with Crippen molar-refractivity contribution in [3.8, 4) is 0 Å². The fraction of sp³-hybridized carbons (Fsp3) is 0.909. The second-order valence-corrected chi connectivity index (χ2v) is 4.55. The summed E-state index contributed by atoms with van der Waals surface area (Å²) in [6.07, 6.45) is 4.50. The van der Waals surface area contributed by atoms with Crippen LogP contribution in [0.2, 0.25) is 0 Å². The van der Waals surface area contributed by atoms with Crippen LogP contribution in [0, 0.1) is 0 Å². The Hall–Kier alpha value is -0.770. The summed E-state index contributed by atoms with van der Waals surface area (Å²) in [4.78, 5) is 6.48. The van der Waals surface area contributed by atoms with E-state index >= 15 is 0 Å². The van der Waals surface area contributed by atoms with E-state index in [9.17, 15) is 0 Å². The molecule has 3 atom stereocenters. The summed E-state index contributed by atoms with van der Waals surface area (Å²) in [5, 5.41) is 3.50. The van der Waals surface area contributed by atoms with Gasteiger partial charge in [0.05, 0.1) is 18.2 Å². The molecule has 0 aromatic carbocycles. The van der Waals surface area contributed by atoms with Gasteiger partial charge in [0.2, 0.25) is 0 Å². The topological polar surface area (TPSA) is 36.9 Å². The summed E-state index contributed by atoms with van der Waals surface area (Å²) >= 11 is 0. The number of hydrogen-bond donors (Lipinski definition) is 1. The number of guanidine groups is 1. The minimum Gasteiger partial charge on any atom is -0.373 e. The van der Waals surface area contributed by atoms with Crippen molar-refractivity contribution >= 4 is 5.96 Å². The number of hydrogen-bond acceptors (Lipinski definition) is 2. The maximum absolute atomic E-state index is 5.81. The minimum atomic E-state index is 0.414. The molecule has 2 heterocycles. The Morgan fingerprint density at radius 2 is 2.27 bits per heavy atom. The van der Waals surface area contributed by atoms with Crippen molar-refractivity contribution in [2.24, 2.45) is 4.99 Å². The van der Waals surface area contributed by atoms with Crippen LogP contribution in [0.1, 0.15) is 26.2 Å². The molecule has 4 nitrogen and oxygen atoms in total. The molecule has 2 bridgehead atoms. The first-order chi connectivity index (χ1) is 7.20. The van der Waals surface area contributed by atoms with Gasteiger partial charge >= 0.3 is 0 Å². The lowest BCUT2D eigenvalue weighted by atomic mass is 9.96. The maximum Gasteiger partial charge on any atom is 0.193 e. The summed E-state index contributed by atoms with van der Waals surface area (Å²) in [5.74, 6) is 0.985. The first kappa shape index (κ1) is 10.7. The van der Waals surface area contributed by atoms with Gasteiger partial charge < -0.3 is 15.0 Å². The molecule has 0 spiro atoms. The van der Waals surface area contributed by atoms with Gasteiger partial charge in [-0.2, -0.15) is 0 Å². The molecular formula is C11H21N3O. The summed E-state index contributed by atoms with van der Waals surface area (Å²) in [6.45, 7) is 2.88. The van der Waals surface area contributed by atoms with E-state index in [1.165, 1.54) is 12.8 Å². The summed E-state index contributed by atoms with van der Waals surface area (Å²) in [6, 6.07) is 0.469. The monoisotopic (exact) mass is 211 g/mol. The van der Waals surface area contributed by atoms with E-state index < -0.39 is 0 Å². The van der Waals surface area contributed by atoms with E-state index in [1.54, 1.807) is 0 Å². The third-order valence-electron chi connectivity index (χ3n) is 3.15. The quantitative estimate of drug-likeness (QED) is 0.543. The first-order valence-electron chi connectivity index (χ1n) is 5.84. The standard InChI is InChI=1S/C11H21N3O/c1-4-12-11(14(2)3)13-9-7-8-5-6-10(9)15-8/h8-10H,4-7H2,1-3H3,(H,12,13). The molecule has 15 heavy (non-hydrogen) atoms. The molecule has 0 radical (unpaired) electrons. The lowest BCUT2D eigenvalue weighted by Gasteiger charge is -2.25. The van der Waals surface area contributed by atoms with E-state index in [4.69, 9.17) is 4.74 Å². The maximum atomic E-state index is 5.81. The Morgan fingerprint density at radius 3 is 2.73 bits per heavy atom. The zero-order valence-electron chi connectivity index (χ0n) is 9.86. The Morgan fingerprint density at radius 1 is 1.47 bits per heavy atom. The molecule has 2 aliphatic heterocycles. The third-order valence-corrected chi connectivity index (χ3v) is 3.15. The van der Waals surface area contributed by atoms with Crippen molar-refractivity contribution in [3.05, 3.63) is 0 Å². The largest absolute Gasteiger partial charge is 0.373 e. The molecule has 86 valence electrons. The van der Waals surface area contributed by atoms with E-state index in [1.807, 2.05) is 19.0 Å². The van der Waals surface area contributed by atoms with Crippen LogP contribution in [-0.2, 0) is 4.74 Å². The van der Waals surface area contributed by atoms with Gasteiger partial charge in [-0.3, -0.25) is 4.99 Å². The van der Waals surface area contributed by atoms with E-state index in [-0.39, 0.29) is 0 Å². The van der Waals surface area contributed by atoms with Gasteiger partial charge in [0, 0.05) is 20.6 Å². The lowest BCUT2D eigenvalue weighted by Crippen LogP contribution is -2.47.